The van der Waals surface area contributed by atoms with Crippen molar-refractivity contribution in [2.75, 3.05) is 6.54 Å². The van der Waals surface area contributed by atoms with Crippen LogP contribution in [-0.2, 0) is 6.54 Å². The van der Waals surface area contributed by atoms with Gasteiger partial charge in [-0.05, 0) is 41.8 Å². The van der Waals surface area contributed by atoms with Gasteiger partial charge in [-0.25, -0.2) is 4.39 Å². The van der Waals surface area contributed by atoms with Gasteiger partial charge in [0, 0.05) is 24.8 Å². The number of aryl methyl sites for hydroxylation is 1. The summed E-state index contributed by atoms with van der Waals surface area (Å²) in [6.45, 7) is 1.24. The van der Waals surface area contributed by atoms with Gasteiger partial charge in [0.25, 0.3) is 5.91 Å². The molecule has 24 heavy (non-hydrogen) atoms. The van der Waals surface area contributed by atoms with Crippen molar-refractivity contribution in [1.82, 2.24) is 20.3 Å². The average molecular weight is 324 g/mol. The van der Waals surface area contributed by atoms with Crippen LogP contribution in [0.25, 0.3) is 11.1 Å². The van der Waals surface area contributed by atoms with Crippen molar-refractivity contribution in [2.45, 2.75) is 13.0 Å². The van der Waals surface area contributed by atoms with Crippen molar-refractivity contribution in [3.63, 3.8) is 0 Å². The normalized spacial score (nSPS) is 10.5. The molecule has 3 rings (SSSR count). The predicted octanol–water partition coefficient (Wildman–Crippen LogP) is 2.90. The molecule has 122 valence electrons. The summed E-state index contributed by atoms with van der Waals surface area (Å²) in [5, 5.41) is 10.5. The van der Waals surface area contributed by atoms with Gasteiger partial charge in [-0.3, -0.25) is 9.48 Å². The minimum atomic E-state index is -0.296. The van der Waals surface area contributed by atoms with Crippen LogP contribution in [0, 0.1) is 5.82 Å². The zero-order valence-electron chi connectivity index (χ0n) is 13.0. The van der Waals surface area contributed by atoms with Crippen molar-refractivity contribution >= 4 is 5.91 Å². The molecule has 0 saturated heterocycles. The summed E-state index contributed by atoms with van der Waals surface area (Å²) in [5.74, 6) is -0.442. The van der Waals surface area contributed by atoms with Crippen molar-refractivity contribution in [2.24, 2.45) is 0 Å². The van der Waals surface area contributed by atoms with E-state index in [0.717, 1.165) is 17.5 Å². The van der Waals surface area contributed by atoms with E-state index in [9.17, 15) is 9.18 Å². The summed E-state index contributed by atoms with van der Waals surface area (Å²) < 4.78 is 15.1. The highest BCUT2D eigenvalue weighted by Gasteiger charge is 2.07. The molecule has 1 amide bonds. The van der Waals surface area contributed by atoms with Crippen LogP contribution >= 0.6 is 0 Å². The lowest BCUT2D eigenvalue weighted by molar-refractivity contribution is 0.0952. The van der Waals surface area contributed by atoms with E-state index < -0.39 is 0 Å². The largest absolute Gasteiger partial charge is 0.352 e. The second kappa shape index (κ2) is 7.50. The fraction of sp³-hybridized carbons (Fsp3) is 0.167. The van der Waals surface area contributed by atoms with E-state index in [0.29, 0.717) is 18.7 Å². The van der Waals surface area contributed by atoms with Crippen LogP contribution in [0.3, 0.4) is 0 Å². The van der Waals surface area contributed by atoms with Crippen LogP contribution in [0.15, 0.2) is 60.9 Å². The van der Waals surface area contributed by atoms with Gasteiger partial charge in [-0.2, -0.15) is 0 Å². The molecule has 0 atom stereocenters. The number of benzene rings is 2. The van der Waals surface area contributed by atoms with E-state index in [1.54, 1.807) is 41.3 Å². The van der Waals surface area contributed by atoms with E-state index in [4.69, 9.17) is 0 Å². The Labute approximate surface area is 139 Å². The van der Waals surface area contributed by atoms with Crippen molar-refractivity contribution < 1.29 is 9.18 Å². The highest BCUT2D eigenvalue weighted by Crippen LogP contribution is 2.21. The number of hydrogen-bond donors (Lipinski definition) is 1. The molecule has 0 aliphatic heterocycles. The second-order valence-corrected chi connectivity index (χ2v) is 5.37. The summed E-state index contributed by atoms with van der Waals surface area (Å²) in [5.41, 5.74) is 2.11. The molecular weight excluding hydrogens is 307 g/mol. The number of nitrogens with zero attached hydrogens (tertiary/aromatic N) is 3. The van der Waals surface area contributed by atoms with E-state index in [2.05, 4.69) is 15.6 Å². The highest BCUT2D eigenvalue weighted by atomic mass is 19.1. The van der Waals surface area contributed by atoms with Crippen LogP contribution < -0.4 is 5.32 Å². The third-order valence-electron chi connectivity index (χ3n) is 3.60. The number of halogens is 1. The van der Waals surface area contributed by atoms with Crippen molar-refractivity contribution in [3.05, 3.63) is 72.3 Å². The lowest BCUT2D eigenvalue weighted by Gasteiger charge is -2.07. The molecule has 1 aromatic heterocycles. The Kier molecular flexibility index (Phi) is 4.96. The first-order chi connectivity index (χ1) is 11.7. The zero-order valence-corrected chi connectivity index (χ0v) is 13.0. The van der Waals surface area contributed by atoms with Crippen LogP contribution in [-0.4, -0.2) is 27.4 Å². The Hall–Kier alpha value is -3.02. The molecule has 2 aromatic carbocycles. The number of carbonyl (C=O) groups is 1. The molecule has 1 N–H and O–H groups in total. The number of aromatic nitrogens is 3. The Morgan fingerprint density at radius 1 is 1.12 bits per heavy atom. The smallest absolute Gasteiger partial charge is 0.251 e. The Balaban J connectivity index is 1.60. The predicted molar refractivity (Wildman–Crippen MR) is 88.8 cm³/mol. The first kappa shape index (κ1) is 15.9. The number of rotatable bonds is 6. The summed E-state index contributed by atoms with van der Waals surface area (Å²) in [4.78, 5) is 12.2. The molecule has 0 aliphatic carbocycles. The maximum Gasteiger partial charge on any atom is 0.251 e. The first-order valence-corrected chi connectivity index (χ1v) is 7.71. The fourth-order valence-corrected chi connectivity index (χ4v) is 2.41. The standard InChI is InChI=1S/C18H17FN4O/c19-17-7-2-5-15(13-17)14-4-1-6-16(12-14)18(24)20-8-3-10-23-11-9-21-22-23/h1-2,4-7,9,11-13H,3,8,10H2,(H,20,24). The molecule has 0 fully saturated rings. The average Bonchev–Trinajstić information content (AvgIpc) is 3.12. The van der Waals surface area contributed by atoms with Gasteiger partial charge >= 0.3 is 0 Å². The van der Waals surface area contributed by atoms with E-state index in [1.165, 1.54) is 12.1 Å². The molecule has 0 aliphatic rings. The molecule has 0 saturated carbocycles. The highest BCUT2D eigenvalue weighted by molar-refractivity contribution is 5.95. The van der Waals surface area contributed by atoms with Crippen molar-refractivity contribution in [1.29, 1.82) is 0 Å². The maximum atomic E-state index is 13.3. The van der Waals surface area contributed by atoms with E-state index >= 15 is 0 Å². The zero-order chi connectivity index (χ0) is 16.8. The molecule has 6 heteroatoms. The van der Waals surface area contributed by atoms with Gasteiger partial charge in [0.2, 0.25) is 0 Å². The van der Waals surface area contributed by atoms with Crippen LogP contribution in [0.1, 0.15) is 16.8 Å². The topological polar surface area (TPSA) is 59.8 Å². The Morgan fingerprint density at radius 2 is 1.92 bits per heavy atom. The summed E-state index contributed by atoms with van der Waals surface area (Å²) in [6.07, 6.45) is 4.17. The maximum absolute atomic E-state index is 13.3. The SMILES string of the molecule is O=C(NCCCn1ccnn1)c1cccc(-c2cccc(F)c2)c1. The van der Waals surface area contributed by atoms with E-state index in [1.807, 2.05) is 12.1 Å². The summed E-state index contributed by atoms with van der Waals surface area (Å²) in [6, 6.07) is 13.5. The summed E-state index contributed by atoms with van der Waals surface area (Å²) in [7, 11) is 0. The molecule has 0 radical (unpaired) electrons. The van der Waals surface area contributed by atoms with Crippen LogP contribution in [0.2, 0.25) is 0 Å². The Morgan fingerprint density at radius 3 is 2.67 bits per heavy atom. The first-order valence-electron chi connectivity index (χ1n) is 7.71. The van der Waals surface area contributed by atoms with Gasteiger partial charge < -0.3 is 5.32 Å². The molecular formula is C18H17FN4O. The number of carbonyl (C=O) groups excluding carboxylic acids is 1. The molecule has 1 heterocycles. The molecule has 0 spiro atoms. The second-order valence-electron chi connectivity index (χ2n) is 5.37. The third-order valence-corrected chi connectivity index (χ3v) is 3.60. The van der Waals surface area contributed by atoms with Gasteiger partial charge in [0.05, 0.1) is 6.20 Å². The number of hydrogen-bond acceptors (Lipinski definition) is 3. The van der Waals surface area contributed by atoms with Gasteiger partial charge in [0.15, 0.2) is 0 Å². The Bertz CT molecular complexity index is 817. The summed E-state index contributed by atoms with van der Waals surface area (Å²) >= 11 is 0. The molecule has 5 nitrogen and oxygen atoms in total. The van der Waals surface area contributed by atoms with Crippen LogP contribution in [0.5, 0.6) is 0 Å². The molecule has 3 aromatic rings. The molecule has 0 bridgehead atoms. The fourth-order valence-electron chi connectivity index (χ4n) is 2.41. The minimum Gasteiger partial charge on any atom is -0.352 e. The quantitative estimate of drug-likeness (QED) is 0.709. The van der Waals surface area contributed by atoms with Gasteiger partial charge in [-0.1, -0.05) is 29.5 Å². The monoisotopic (exact) mass is 324 g/mol. The number of nitrogens with one attached hydrogen (secondary N) is 1. The third kappa shape index (κ3) is 4.04. The van der Waals surface area contributed by atoms with Gasteiger partial charge in [-0.15, -0.1) is 5.10 Å². The van der Waals surface area contributed by atoms with Crippen molar-refractivity contribution in [3.8, 4) is 11.1 Å². The minimum absolute atomic E-state index is 0.146. The lowest BCUT2D eigenvalue weighted by Crippen LogP contribution is -2.25. The molecule has 0 unspecified atom stereocenters. The lowest BCUT2D eigenvalue weighted by atomic mass is 10.0. The van der Waals surface area contributed by atoms with Gasteiger partial charge in [0.1, 0.15) is 5.82 Å². The van der Waals surface area contributed by atoms with Crippen LogP contribution in [0.4, 0.5) is 4.39 Å². The van der Waals surface area contributed by atoms with E-state index in [-0.39, 0.29) is 11.7 Å². The number of amides is 1.